The molecule has 3 N–H and O–H groups in total. The topological polar surface area (TPSA) is 83.0 Å². The van der Waals surface area contributed by atoms with Crippen molar-refractivity contribution in [1.82, 2.24) is 15.0 Å². The second-order valence-corrected chi connectivity index (χ2v) is 6.02. The van der Waals surface area contributed by atoms with Gasteiger partial charge < -0.3 is 15.7 Å². The number of pyridine rings is 1. The van der Waals surface area contributed by atoms with Crippen LogP contribution in [0.3, 0.4) is 0 Å². The number of anilines is 3. The molecular weight excluding hydrogens is 333 g/mol. The molecule has 0 radical (unpaired) electrons. The minimum absolute atomic E-state index is 0.0492. The summed E-state index contributed by atoms with van der Waals surface area (Å²) in [6.45, 7) is 3.48. The van der Waals surface area contributed by atoms with E-state index in [1.807, 2.05) is 19.1 Å². The van der Waals surface area contributed by atoms with Crippen LogP contribution in [0, 0.1) is 12.7 Å². The molecule has 26 heavy (non-hydrogen) atoms. The van der Waals surface area contributed by atoms with Gasteiger partial charge in [-0.05, 0) is 43.7 Å². The molecule has 0 fully saturated rings. The van der Waals surface area contributed by atoms with E-state index in [9.17, 15) is 9.50 Å². The third-order valence-electron chi connectivity index (χ3n) is 3.78. The lowest BCUT2D eigenvalue weighted by Crippen LogP contribution is -2.21. The van der Waals surface area contributed by atoms with Crippen molar-refractivity contribution < 1.29 is 9.50 Å². The van der Waals surface area contributed by atoms with E-state index in [0.29, 0.717) is 28.7 Å². The van der Waals surface area contributed by atoms with Crippen molar-refractivity contribution in [3.63, 3.8) is 0 Å². The molecule has 0 aliphatic heterocycles. The van der Waals surface area contributed by atoms with Gasteiger partial charge in [-0.3, -0.25) is 4.98 Å². The summed E-state index contributed by atoms with van der Waals surface area (Å²) in [5, 5.41) is 15.4. The first-order chi connectivity index (χ1) is 12.5. The van der Waals surface area contributed by atoms with Crippen LogP contribution in [-0.4, -0.2) is 32.7 Å². The van der Waals surface area contributed by atoms with Gasteiger partial charge in [0, 0.05) is 35.8 Å². The van der Waals surface area contributed by atoms with Gasteiger partial charge in [-0.1, -0.05) is 6.07 Å². The summed E-state index contributed by atoms with van der Waals surface area (Å²) < 4.78 is 13.8. The highest BCUT2D eigenvalue weighted by molar-refractivity contribution is 5.67. The summed E-state index contributed by atoms with van der Waals surface area (Å²) in [7, 11) is 0. The number of aliphatic hydroxyl groups excluding tert-OH is 1. The highest BCUT2D eigenvalue weighted by Crippen LogP contribution is 2.24. The van der Waals surface area contributed by atoms with E-state index in [1.165, 1.54) is 6.07 Å². The van der Waals surface area contributed by atoms with E-state index >= 15 is 0 Å². The highest BCUT2D eigenvalue weighted by Gasteiger charge is 2.10. The van der Waals surface area contributed by atoms with Crippen molar-refractivity contribution in [2.75, 3.05) is 17.2 Å². The first-order valence-electron chi connectivity index (χ1n) is 8.25. The van der Waals surface area contributed by atoms with Crippen molar-refractivity contribution in [1.29, 1.82) is 0 Å². The van der Waals surface area contributed by atoms with Gasteiger partial charge in [0.15, 0.2) is 0 Å². The minimum Gasteiger partial charge on any atom is -0.394 e. The minimum atomic E-state index is -0.288. The van der Waals surface area contributed by atoms with Crippen molar-refractivity contribution >= 4 is 17.5 Å². The molecule has 0 amide bonds. The SMILES string of the molecule is Cc1ccc(Nc2cc(-c3cccnc3)nc(N[C@@H](C)CO)n2)cc1F. The first kappa shape index (κ1) is 17.8. The maximum atomic E-state index is 13.8. The number of halogens is 1. The summed E-state index contributed by atoms with van der Waals surface area (Å²) in [5.41, 5.74) is 2.65. The lowest BCUT2D eigenvalue weighted by Gasteiger charge is -2.14. The second-order valence-electron chi connectivity index (χ2n) is 6.02. The maximum absolute atomic E-state index is 13.8. The Balaban J connectivity index is 1.97. The molecule has 1 atom stereocenters. The molecule has 0 aliphatic rings. The lowest BCUT2D eigenvalue weighted by molar-refractivity contribution is 0.281. The number of aliphatic hydroxyl groups is 1. The molecule has 3 rings (SSSR count). The quantitative estimate of drug-likeness (QED) is 0.629. The molecule has 0 saturated carbocycles. The van der Waals surface area contributed by atoms with Gasteiger partial charge in [0.05, 0.1) is 12.3 Å². The molecule has 6 nitrogen and oxygen atoms in total. The lowest BCUT2D eigenvalue weighted by atomic mass is 10.2. The molecule has 1 aromatic carbocycles. The van der Waals surface area contributed by atoms with Crippen LogP contribution < -0.4 is 10.6 Å². The van der Waals surface area contributed by atoms with Crippen LogP contribution in [0.2, 0.25) is 0 Å². The Hall–Kier alpha value is -3.06. The predicted molar refractivity (Wildman–Crippen MR) is 99.9 cm³/mol. The van der Waals surface area contributed by atoms with Gasteiger partial charge in [0.1, 0.15) is 11.6 Å². The van der Waals surface area contributed by atoms with Gasteiger partial charge in [-0.15, -0.1) is 0 Å². The van der Waals surface area contributed by atoms with Crippen LogP contribution in [-0.2, 0) is 0 Å². The Bertz CT molecular complexity index is 888. The molecule has 0 spiro atoms. The molecule has 0 unspecified atom stereocenters. The monoisotopic (exact) mass is 353 g/mol. The van der Waals surface area contributed by atoms with E-state index in [-0.39, 0.29) is 18.5 Å². The van der Waals surface area contributed by atoms with Crippen molar-refractivity contribution in [2.24, 2.45) is 0 Å². The van der Waals surface area contributed by atoms with Crippen LogP contribution in [0.5, 0.6) is 0 Å². The summed E-state index contributed by atoms with van der Waals surface area (Å²) in [6, 6.07) is 10.2. The number of benzene rings is 1. The molecular formula is C19H20FN5O. The summed E-state index contributed by atoms with van der Waals surface area (Å²) in [5.74, 6) is 0.585. The van der Waals surface area contributed by atoms with Crippen LogP contribution in [0.25, 0.3) is 11.3 Å². The fourth-order valence-corrected chi connectivity index (χ4v) is 2.32. The summed E-state index contributed by atoms with van der Waals surface area (Å²) in [4.78, 5) is 13.0. The average Bonchev–Trinajstić information content (AvgIpc) is 2.65. The first-order valence-corrected chi connectivity index (χ1v) is 8.25. The van der Waals surface area contributed by atoms with Gasteiger partial charge in [0.25, 0.3) is 0 Å². The van der Waals surface area contributed by atoms with E-state index in [4.69, 9.17) is 0 Å². The Morgan fingerprint density at radius 1 is 1.19 bits per heavy atom. The van der Waals surface area contributed by atoms with E-state index in [2.05, 4.69) is 25.6 Å². The number of aryl methyl sites for hydroxylation is 1. The van der Waals surface area contributed by atoms with Gasteiger partial charge >= 0.3 is 0 Å². The number of rotatable bonds is 6. The van der Waals surface area contributed by atoms with Crippen LogP contribution in [0.1, 0.15) is 12.5 Å². The van der Waals surface area contributed by atoms with Gasteiger partial charge in [-0.25, -0.2) is 9.37 Å². The summed E-state index contributed by atoms with van der Waals surface area (Å²) >= 11 is 0. The summed E-state index contributed by atoms with van der Waals surface area (Å²) in [6.07, 6.45) is 3.39. The van der Waals surface area contributed by atoms with Crippen LogP contribution >= 0.6 is 0 Å². The number of hydrogen-bond acceptors (Lipinski definition) is 6. The molecule has 134 valence electrons. The number of aromatic nitrogens is 3. The van der Waals surface area contributed by atoms with Crippen LogP contribution in [0.4, 0.5) is 21.8 Å². The number of hydrogen-bond donors (Lipinski definition) is 3. The standard InChI is InChI=1S/C19H20FN5O/c1-12-5-6-15(8-16(12)20)23-18-9-17(14-4-3-7-21-10-14)24-19(25-18)22-13(2)11-26/h3-10,13,26H,11H2,1-2H3,(H2,22,23,24,25)/t13-/m0/s1. The Kier molecular flexibility index (Phi) is 5.38. The molecule has 0 saturated heterocycles. The fraction of sp³-hybridized carbons (Fsp3) is 0.211. The maximum Gasteiger partial charge on any atom is 0.225 e. The zero-order valence-corrected chi connectivity index (χ0v) is 14.6. The Morgan fingerprint density at radius 3 is 2.73 bits per heavy atom. The highest BCUT2D eigenvalue weighted by atomic mass is 19.1. The largest absolute Gasteiger partial charge is 0.394 e. The average molecular weight is 353 g/mol. The van der Waals surface area contributed by atoms with E-state index < -0.39 is 0 Å². The number of nitrogens with zero attached hydrogens (tertiary/aromatic N) is 3. The molecule has 2 aromatic heterocycles. The second kappa shape index (κ2) is 7.88. The predicted octanol–water partition coefficient (Wildman–Crippen LogP) is 3.52. The Labute approximate surface area is 151 Å². The van der Waals surface area contributed by atoms with E-state index in [1.54, 1.807) is 37.5 Å². The van der Waals surface area contributed by atoms with Gasteiger partial charge in [-0.2, -0.15) is 4.98 Å². The van der Waals surface area contributed by atoms with Crippen molar-refractivity contribution in [3.8, 4) is 11.3 Å². The molecule has 0 bridgehead atoms. The molecule has 3 aromatic rings. The van der Waals surface area contributed by atoms with E-state index in [0.717, 1.165) is 5.56 Å². The molecule has 2 heterocycles. The third-order valence-corrected chi connectivity index (χ3v) is 3.78. The smallest absolute Gasteiger partial charge is 0.225 e. The fourth-order valence-electron chi connectivity index (χ4n) is 2.32. The molecule has 7 heteroatoms. The number of nitrogens with one attached hydrogen (secondary N) is 2. The zero-order chi connectivity index (χ0) is 18.5. The molecule has 0 aliphatic carbocycles. The Morgan fingerprint density at radius 2 is 2.04 bits per heavy atom. The van der Waals surface area contributed by atoms with Crippen molar-refractivity contribution in [2.45, 2.75) is 19.9 Å². The third kappa shape index (κ3) is 4.31. The van der Waals surface area contributed by atoms with Crippen molar-refractivity contribution in [3.05, 3.63) is 60.2 Å². The zero-order valence-electron chi connectivity index (χ0n) is 14.6. The normalized spacial score (nSPS) is 11.8. The van der Waals surface area contributed by atoms with Gasteiger partial charge in [0.2, 0.25) is 5.95 Å². The van der Waals surface area contributed by atoms with Crippen LogP contribution in [0.15, 0.2) is 48.8 Å².